The number of ketones is 1. The smallest absolute Gasteiger partial charge is 0.189 e. The summed E-state index contributed by atoms with van der Waals surface area (Å²) in [6.07, 6.45) is 1.56. The highest BCUT2D eigenvalue weighted by atomic mass is 16.1. The van der Waals surface area contributed by atoms with Gasteiger partial charge < -0.3 is 10.2 Å². The Morgan fingerprint density at radius 2 is 2.22 bits per heavy atom. The molecule has 92 valence electrons. The van der Waals surface area contributed by atoms with E-state index in [2.05, 4.69) is 11.4 Å². The number of hydrogen-bond acceptors (Lipinski definition) is 4. The van der Waals surface area contributed by atoms with Crippen LogP contribution in [-0.4, -0.2) is 30.3 Å². The summed E-state index contributed by atoms with van der Waals surface area (Å²) in [5, 5.41) is 11.8. The second-order valence-corrected chi connectivity index (χ2v) is 4.27. The van der Waals surface area contributed by atoms with Crippen molar-refractivity contribution in [3.63, 3.8) is 0 Å². The highest BCUT2D eigenvalue weighted by Gasteiger charge is 2.17. The van der Waals surface area contributed by atoms with Crippen LogP contribution in [0.15, 0.2) is 36.2 Å². The van der Waals surface area contributed by atoms with Crippen LogP contribution in [0.4, 0.5) is 0 Å². The van der Waals surface area contributed by atoms with Gasteiger partial charge in [0.25, 0.3) is 0 Å². The summed E-state index contributed by atoms with van der Waals surface area (Å²) < 4.78 is 0. The molecular weight excluding hydrogens is 226 g/mol. The van der Waals surface area contributed by atoms with Gasteiger partial charge in [0.1, 0.15) is 12.4 Å². The number of hydrogen-bond donors (Lipinski definition) is 1. The topological polar surface area (TPSA) is 56.1 Å². The van der Waals surface area contributed by atoms with Crippen molar-refractivity contribution < 1.29 is 4.79 Å². The maximum atomic E-state index is 12.0. The Morgan fingerprint density at radius 3 is 2.89 bits per heavy atom. The molecule has 2 rings (SSSR count). The van der Waals surface area contributed by atoms with Crippen LogP contribution < -0.4 is 5.32 Å². The van der Waals surface area contributed by atoms with Gasteiger partial charge in [-0.3, -0.25) is 4.79 Å². The standard InChI is InChI=1S/C14H15N3O/c1-11-2-4-12(5-3-11)13(18)10-14-16-7-9-17(14)8-6-15/h2-5,10,16H,7-9H2,1H3/b14-10+. The number of allylic oxidation sites excluding steroid dienone is 1. The van der Waals surface area contributed by atoms with Gasteiger partial charge in [-0.25, -0.2) is 0 Å². The Kier molecular flexibility index (Phi) is 3.63. The van der Waals surface area contributed by atoms with Gasteiger partial charge in [0.05, 0.1) is 6.07 Å². The molecule has 4 heteroatoms. The van der Waals surface area contributed by atoms with E-state index in [1.165, 1.54) is 0 Å². The van der Waals surface area contributed by atoms with E-state index in [1.54, 1.807) is 6.08 Å². The lowest BCUT2D eigenvalue weighted by atomic mass is 10.1. The third-order valence-electron chi connectivity index (χ3n) is 2.89. The average Bonchev–Trinajstić information content (AvgIpc) is 2.78. The molecule has 1 heterocycles. The lowest BCUT2D eigenvalue weighted by Gasteiger charge is -2.13. The normalized spacial score (nSPS) is 16.4. The van der Waals surface area contributed by atoms with Crippen molar-refractivity contribution in [2.45, 2.75) is 6.92 Å². The van der Waals surface area contributed by atoms with Gasteiger partial charge in [0.15, 0.2) is 5.78 Å². The van der Waals surface area contributed by atoms with E-state index in [1.807, 2.05) is 36.1 Å². The number of nitrogens with one attached hydrogen (secondary N) is 1. The zero-order valence-electron chi connectivity index (χ0n) is 10.3. The van der Waals surface area contributed by atoms with Gasteiger partial charge >= 0.3 is 0 Å². The molecule has 0 aliphatic carbocycles. The summed E-state index contributed by atoms with van der Waals surface area (Å²) in [5.41, 5.74) is 1.79. The first-order chi connectivity index (χ1) is 8.70. The molecule has 1 N–H and O–H groups in total. The average molecular weight is 241 g/mol. The van der Waals surface area contributed by atoms with Crippen LogP contribution in [0.1, 0.15) is 15.9 Å². The van der Waals surface area contributed by atoms with Crippen molar-refractivity contribution in [3.8, 4) is 6.07 Å². The van der Waals surface area contributed by atoms with E-state index in [-0.39, 0.29) is 5.78 Å². The molecule has 1 aromatic rings. The first kappa shape index (κ1) is 12.2. The molecule has 0 bridgehead atoms. The van der Waals surface area contributed by atoms with Crippen LogP contribution in [0.5, 0.6) is 0 Å². The van der Waals surface area contributed by atoms with Gasteiger partial charge in [-0.2, -0.15) is 5.26 Å². The molecule has 18 heavy (non-hydrogen) atoms. The van der Waals surface area contributed by atoms with Gasteiger partial charge in [-0.05, 0) is 6.92 Å². The molecular formula is C14H15N3O. The Hall–Kier alpha value is -2.28. The summed E-state index contributed by atoms with van der Waals surface area (Å²) in [5.74, 6) is 0.699. The Balaban J connectivity index is 2.15. The van der Waals surface area contributed by atoms with Crippen LogP contribution in [-0.2, 0) is 0 Å². The Morgan fingerprint density at radius 1 is 1.50 bits per heavy atom. The maximum Gasteiger partial charge on any atom is 0.189 e. The second kappa shape index (κ2) is 5.37. The number of rotatable bonds is 3. The highest BCUT2D eigenvalue weighted by Crippen LogP contribution is 2.10. The molecule has 0 spiro atoms. The molecule has 0 aromatic heterocycles. The zero-order valence-corrected chi connectivity index (χ0v) is 10.3. The fourth-order valence-corrected chi connectivity index (χ4v) is 1.87. The lowest BCUT2D eigenvalue weighted by molar-refractivity contribution is 0.104. The zero-order chi connectivity index (χ0) is 13.0. The highest BCUT2D eigenvalue weighted by molar-refractivity contribution is 6.04. The minimum Gasteiger partial charge on any atom is -0.370 e. The van der Waals surface area contributed by atoms with Gasteiger partial charge in [0.2, 0.25) is 0 Å². The van der Waals surface area contributed by atoms with Crippen molar-refractivity contribution >= 4 is 5.78 Å². The van der Waals surface area contributed by atoms with Crippen molar-refractivity contribution in [1.82, 2.24) is 10.2 Å². The molecule has 1 aliphatic heterocycles. The Labute approximate surface area is 107 Å². The third-order valence-corrected chi connectivity index (χ3v) is 2.89. The van der Waals surface area contributed by atoms with Crippen LogP contribution in [0.3, 0.4) is 0 Å². The van der Waals surface area contributed by atoms with Crippen LogP contribution >= 0.6 is 0 Å². The number of nitrogens with zero attached hydrogens (tertiary/aromatic N) is 2. The molecule has 4 nitrogen and oxygen atoms in total. The molecule has 0 amide bonds. The molecule has 1 aliphatic rings. The third kappa shape index (κ3) is 2.69. The van der Waals surface area contributed by atoms with E-state index in [0.717, 1.165) is 24.5 Å². The summed E-state index contributed by atoms with van der Waals surface area (Å²) in [4.78, 5) is 13.9. The van der Waals surface area contributed by atoms with E-state index < -0.39 is 0 Å². The van der Waals surface area contributed by atoms with E-state index in [0.29, 0.717) is 12.1 Å². The van der Waals surface area contributed by atoms with Crippen LogP contribution in [0, 0.1) is 18.3 Å². The second-order valence-electron chi connectivity index (χ2n) is 4.27. The van der Waals surface area contributed by atoms with Crippen LogP contribution in [0.2, 0.25) is 0 Å². The van der Waals surface area contributed by atoms with E-state index >= 15 is 0 Å². The first-order valence-corrected chi connectivity index (χ1v) is 5.89. The summed E-state index contributed by atoms with van der Waals surface area (Å²) in [7, 11) is 0. The monoisotopic (exact) mass is 241 g/mol. The van der Waals surface area contributed by atoms with E-state index in [4.69, 9.17) is 5.26 Å². The maximum absolute atomic E-state index is 12.0. The molecule has 0 radical (unpaired) electrons. The molecule has 1 saturated heterocycles. The molecule has 0 saturated carbocycles. The van der Waals surface area contributed by atoms with Gasteiger partial charge in [-0.1, -0.05) is 29.8 Å². The van der Waals surface area contributed by atoms with Crippen LogP contribution in [0.25, 0.3) is 0 Å². The lowest BCUT2D eigenvalue weighted by Crippen LogP contribution is -2.21. The minimum atomic E-state index is -0.0395. The number of benzene rings is 1. The number of carbonyl (C=O) groups excluding carboxylic acids is 1. The number of aryl methyl sites for hydroxylation is 1. The SMILES string of the molecule is Cc1ccc(C(=O)/C=C2\NCCN2CC#N)cc1. The van der Waals surface area contributed by atoms with Gasteiger partial charge in [-0.15, -0.1) is 0 Å². The summed E-state index contributed by atoms with van der Waals surface area (Å²) >= 11 is 0. The molecule has 1 aromatic carbocycles. The minimum absolute atomic E-state index is 0.0395. The fraction of sp³-hybridized carbons (Fsp3) is 0.286. The molecule has 0 atom stereocenters. The predicted molar refractivity (Wildman–Crippen MR) is 68.8 cm³/mol. The van der Waals surface area contributed by atoms with Crippen molar-refractivity contribution in [2.75, 3.05) is 19.6 Å². The van der Waals surface area contributed by atoms with Crippen molar-refractivity contribution in [3.05, 3.63) is 47.3 Å². The van der Waals surface area contributed by atoms with Crippen molar-refractivity contribution in [2.24, 2.45) is 0 Å². The quantitative estimate of drug-likeness (QED) is 0.494. The molecule has 1 fully saturated rings. The van der Waals surface area contributed by atoms with E-state index in [9.17, 15) is 4.79 Å². The van der Waals surface area contributed by atoms with Gasteiger partial charge in [0, 0.05) is 24.7 Å². The van der Waals surface area contributed by atoms with Crippen molar-refractivity contribution in [1.29, 1.82) is 5.26 Å². The summed E-state index contributed by atoms with van der Waals surface area (Å²) in [6.45, 7) is 3.83. The fourth-order valence-electron chi connectivity index (χ4n) is 1.87. The first-order valence-electron chi connectivity index (χ1n) is 5.89. The largest absolute Gasteiger partial charge is 0.370 e. The number of carbonyl (C=O) groups is 1. The predicted octanol–water partition coefficient (Wildman–Crippen LogP) is 1.45. The summed E-state index contributed by atoms with van der Waals surface area (Å²) in [6, 6.07) is 9.56. The Bertz CT molecular complexity index is 511. The number of nitriles is 1. The molecule has 0 unspecified atom stereocenters.